The van der Waals surface area contributed by atoms with Gasteiger partial charge in [-0.3, -0.25) is 4.79 Å². The summed E-state index contributed by atoms with van der Waals surface area (Å²) in [5, 5.41) is 3.20. The zero-order valence-corrected chi connectivity index (χ0v) is 19.6. The van der Waals surface area contributed by atoms with Crippen LogP contribution in [-0.4, -0.2) is 46.3 Å². The number of thiazole rings is 1. The van der Waals surface area contributed by atoms with Gasteiger partial charge in [0.2, 0.25) is 5.91 Å². The molecule has 0 bridgehead atoms. The Kier molecular flexibility index (Phi) is 5.96. The van der Waals surface area contributed by atoms with Gasteiger partial charge in [0.25, 0.3) is 10.2 Å². The maximum absolute atomic E-state index is 13.5. The first-order chi connectivity index (χ1) is 14.6. The summed E-state index contributed by atoms with van der Waals surface area (Å²) in [6.45, 7) is 0. The normalized spacial score (nSPS) is 21.2. The van der Waals surface area contributed by atoms with Crippen LogP contribution in [-0.2, 0) is 22.1 Å². The standard InChI is InChI=1S/C18H18BrFN6O3S2/c1-25-8-14(22-9-25)16-7-21-18(30-16)13-6-15(26(2)31(28,29)24-13)17(27)23-10-3-4-12(20)11(19)5-10/h3-5,7-9,13,15,24H,6H2,1-2H3,(H,23,27)/t13-,15+/m1/s1. The Morgan fingerprint density at radius 3 is 2.81 bits per heavy atom. The molecule has 1 aliphatic rings. The van der Waals surface area contributed by atoms with E-state index in [2.05, 4.69) is 35.9 Å². The Balaban J connectivity index is 1.57. The van der Waals surface area contributed by atoms with Crippen molar-refractivity contribution in [2.24, 2.45) is 7.05 Å². The average Bonchev–Trinajstić information content (AvgIpc) is 3.35. The molecular formula is C18H18BrFN6O3S2. The Morgan fingerprint density at radius 2 is 2.13 bits per heavy atom. The molecule has 0 aliphatic carbocycles. The number of carbonyl (C=O) groups excluding carboxylic acids is 1. The van der Waals surface area contributed by atoms with Gasteiger partial charge in [0.1, 0.15) is 16.9 Å². The first kappa shape index (κ1) is 22.0. The van der Waals surface area contributed by atoms with Crippen molar-refractivity contribution < 1.29 is 17.6 Å². The SMILES string of the molecule is CN1[C@H](C(=O)Nc2ccc(F)c(Br)c2)C[C@H](c2ncc(-c3cn(C)cn3)s2)NS1(=O)=O. The molecule has 1 saturated heterocycles. The van der Waals surface area contributed by atoms with Gasteiger partial charge < -0.3 is 9.88 Å². The summed E-state index contributed by atoms with van der Waals surface area (Å²) in [7, 11) is -0.720. The highest BCUT2D eigenvalue weighted by Gasteiger charge is 2.41. The second-order valence-electron chi connectivity index (χ2n) is 7.05. The summed E-state index contributed by atoms with van der Waals surface area (Å²) in [4.78, 5) is 22.3. The molecule has 1 aliphatic heterocycles. The van der Waals surface area contributed by atoms with E-state index in [1.165, 1.54) is 36.6 Å². The summed E-state index contributed by atoms with van der Waals surface area (Å²) >= 11 is 4.39. The average molecular weight is 529 g/mol. The Hall–Kier alpha value is -2.19. The molecule has 3 aromatic rings. The van der Waals surface area contributed by atoms with E-state index in [4.69, 9.17) is 0 Å². The predicted octanol–water partition coefficient (Wildman–Crippen LogP) is 2.66. The predicted molar refractivity (Wildman–Crippen MR) is 118 cm³/mol. The van der Waals surface area contributed by atoms with Gasteiger partial charge in [-0.1, -0.05) is 0 Å². The zero-order valence-electron chi connectivity index (χ0n) is 16.4. The van der Waals surface area contributed by atoms with Crippen LogP contribution in [0.3, 0.4) is 0 Å². The van der Waals surface area contributed by atoms with Gasteiger partial charge in [0.15, 0.2) is 0 Å². The zero-order chi connectivity index (χ0) is 22.3. The molecule has 2 N–H and O–H groups in total. The molecule has 1 fully saturated rings. The lowest BCUT2D eigenvalue weighted by molar-refractivity contribution is -0.120. The maximum Gasteiger partial charge on any atom is 0.280 e. The highest BCUT2D eigenvalue weighted by molar-refractivity contribution is 9.10. The number of halogens is 2. The molecule has 0 saturated carbocycles. The molecule has 31 heavy (non-hydrogen) atoms. The number of nitrogens with one attached hydrogen (secondary N) is 2. The number of carbonyl (C=O) groups is 1. The van der Waals surface area contributed by atoms with Crippen LogP contribution in [0.5, 0.6) is 0 Å². The molecule has 13 heteroatoms. The number of nitrogens with zero attached hydrogens (tertiary/aromatic N) is 4. The lowest BCUT2D eigenvalue weighted by Gasteiger charge is -2.35. The third-order valence-corrected chi connectivity index (χ3v) is 8.17. The van der Waals surface area contributed by atoms with E-state index in [9.17, 15) is 17.6 Å². The van der Waals surface area contributed by atoms with Gasteiger partial charge in [-0.25, -0.2) is 14.4 Å². The number of benzene rings is 1. The number of aromatic nitrogens is 3. The Bertz CT molecular complexity index is 1240. The first-order valence-electron chi connectivity index (χ1n) is 9.09. The molecular weight excluding hydrogens is 511 g/mol. The lowest BCUT2D eigenvalue weighted by Crippen LogP contribution is -2.55. The molecule has 0 radical (unpaired) electrons. The van der Waals surface area contributed by atoms with E-state index in [-0.39, 0.29) is 10.9 Å². The van der Waals surface area contributed by atoms with Crippen LogP contribution < -0.4 is 10.0 Å². The van der Waals surface area contributed by atoms with Crippen molar-refractivity contribution in [2.75, 3.05) is 12.4 Å². The van der Waals surface area contributed by atoms with E-state index in [1.807, 2.05) is 13.2 Å². The number of hydrogen-bond acceptors (Lipinski definition) is 6. The minimum Gasteiger partial charge on any atom is -0.340 e. The van der Waals surface area contributed by atoms with Crippen molar-refractivity contribution in [2.45, 2.75) is 18.5 Å². The highest BCUT2D eigenvalue weighted by Crippen LogP contribution is 2.34. The van der Waals surface area contributed by atoms with Crippen molar-refractivity contribution in [1.82, 2.24) is 23.6 Å². The molecule has 1 amide bonds. The van der Waals surface area contributed by atoms with Crippen molar-refractivity contribution in [3.63, 3.8) is 0 Å². The van der Waals surface area contributed by atoms with Crippen LogP contribution in [0.2, 0.25) is 0 Å². The van der Waals surface area contributed by atoms with Gasteiger partial charge in [-0.05, 0) is 40.5 Å². The number of hydrogen-bond donors (Lipinski definition) is 2. The second kappa shape index (κ2) is 8.39. The highest BCUT2D eigenvalue weighted by atomic mass is 79.9. The van der Waals surface area contributed by atoms with Crippen molar-refractivity contribution in [3.8, 4) is 10.6 Å². The Morgan fingerprint density at radius 1 is 1.35 bits per heavy atom. The summed E-state index contributed by atoms with van der Waals surface area (Å²) in [6, 6.07) is 2.40. The largest absolute Gasteiger partial charge is 0.340 e. The van der Waals surface area contributed by atoms with Crippen molar-refractivity contribution >= 4 is 49.1 Å². The van der Waals surface area contributed by atoms with Crippen LogP contribution >= 0.6 is 27.3 Å². The number of imidazole rings is 1. The van der Waals surface area contributed by atoms with Crippen LogP contribution in [0.25, 0.3) is 10.6 Å². The molecule has 0 spiro atoms. The summed E-state index contributed by atoms with van der Waals surface area (Å²) in [5.74, 6) is -0.982. The molecule has 2 atom stereocenters. The van der Waals surface area contributed by atoms with Crippen molar-refractivity contribution in [3.05, 3.63) is 52.2 Å². The third kappa shape index (κ3) is 4.55. The molecule has 4 rings (SSSR count). The fourth-order valence-electron chi connectivity index (χ4n) is 3.18. The van der Waals surface area contributed by atoms with Gasteiger partial charge in [0.05, 0.1) is 27.4 Å². The summed E-state index contributed by atoms with van der Waals surface area (Å²) in [6.07, 6.45) is 5.33. The fraction of sp³-hybridized carbons (Fsp3) is 0.278. The van der Waals surface area contributed by atoms with Crippen molar-refractivity contribution in [1.29, 1.82) is 0 Å². The summed E-state index contributed by atoms with van der Waals surface area (Å²) < 4.78 is 44.3. The van der Waals surface area contributed by atoms with E-state index < -0.39 is 34.0 Å². The number of amides is 1. The lowest BCUT2D eigenvalue weighted by atomic mass is 10.1. The first-order valence-corrected chi connectivity index (χ1v) is 12.1. The minimum atomic E-state index is -3.91. The van der Waals surface area contributed by atoms with Crippen LogP contribution in [0, 0.1) is 5.82 Å². The van der Waals surface area contributed by atoms with Gasteiger partial charge >= 0.3 is 0 Å². The number of rotatable bonds is 4. The molecule has 3 heterocycles. The number of aryl methyl sites for hydroxylation is 1. The fourth-order valence-corrected chi connectivity index (χ4v) is 5.83. The summed E-state index contributed by atoms with van der Waals surface area (Å²) in [5.41, 5.74) is 1.09. The quantitative estimate of drug-likeness (QED) is 0.541. The molecule has 1 aromatic carbocycles. The molecule has 9 nitrogen and oxygen atoms in total. The van der Waals surface area contributed by atoms with Gasteiger partial charge in [0, 0.05) is 32.2 Å². The number of anilines is 1. The molecule has 164 valence electrons. The topological polar surface area (TPSA) is 109 Å². The van der Waals surface area contributed by atoms with Crippen LogP contribution in [0.4, 0.5) is 10.1 Å². The van der Waals surface area contributed by atoms with Gasteiger partial charge in [-0.15, -0.1) is 11.3 Å². The monoisotopic (exact) mass is 528 g/mol. The van der Waals surface area contributed by atoms with Gasteiger partial charge in [-0.2, -0.15) is 17.4 Å². The van der Waals surface area contributed by atoms with E-state index in [1.54, 1.807) is 17.1 Å². The third-order valence-electron chi connectivity index (χ3n) is 4.84. The smallest absolute Gasteiger partial charge is 0.280 e. The maximum atomic E-state index is 13.5. The Labute approximate surface area is 190 Å². The number of likely N-dealkylation sites (N-methyl/N-ethyl adjacent to an activating group) is 1. The van der Waals surface area contributed by atoms with Crippen LogP contribution in [0.1, 0.15) is 17.5 Å². The molecule has 2 aromatic heterocycles. The molecule has 0 unspecified atom stereocenters. The second-order valence-corrected chi connectivity index (χ2v) is 10.7. The van der Waals surface area contributed by atoms with E-state index >= 15 is 0 Å². The van der Waals surface area contributed by atoms with E-state index in [0.29, 0.717) is 10.7 Å². The van der Waals surface area contributed by atoms with E-state index in [0.717, 1.165) is 14.9 Å². The minimum absolute atomic E-state index is 0.180. The van der Waals surface area contributed by atoms with Crippen LogP contribution in [0.15, 0.2) is 41.4 Å².